The van der Waals surface area contributed by atoms with E-state index >= 15 is 0 Å². The number of thiophene rings is 1. The highest BCUT2D eigenvalue weighted by molar-refractivity contribution is 9.10. The molecule has 0 atom stereocenters. The lowest BCUT2D eigenvalue weighted by Gasteiger charge is -1.94. The molecule has 0 radical (unpaired) electrons. The number of phenolic OH excluding ortho intramolecular Hbond substituents is 1. The van der Waals surface area contributed by atoms with Crippen LogP contribution in [0.25, 0.3) is 10.1 Å². The number of ether oxygens (including phenoxy) is 1. The summed E-state index contributed by atoms with van der Waals surface area (Å²) >= 11 is 4.78. The van der Waals surface area contributed by atoms with Crippen molar-refractivity contribution in [2.24, 2.45) is 0 Å². The Morgan fingerprint density at radius 2 is 2.15 bits per heavy atom. The number of rotatable bonds is 1. The predicted molar refractivity (Wildman–Crippen MR) is 57.7 cm³/mol. The first kappa shape index (κ1) is 8.84. The molecule has 0 saturated heterocycles. The number of benzene rings is 1. The second kappa shape index (κ2) is 3.20. The Morgan fingerprint density at radius 3 is 2.85 bits per heavy atom. The van der Waals surface area contributed by atoms with E-state index in [0.29, 0.717) is 4.47 Å². The first-order valence-electron chi connectivity index (χ1n) is 3.67. The van der Waals surface area contributed by atoms with E-state index in [4.69, 9.17) is 4.74 Å². The fraction of sp³-hybridized carbons (Fsp3) is 0.111. The van der Waals surface area contributed by atoms with Gasteiger partial charge in [0.1, 0.15) is 5.75 Å². The Bertz CT molecular complexity index is 411. The van der Waals surface area contributed by atoms with Gasteiger partial charge in [-0.3, -0.25) is 0 Å². The quantitative estimate of drug-likeness (QED) is 0.850. The third kappa shape index (κ3) is 1.51. The number of hydrogen-bond donors (Lipinski definition) is 1. The molecular formula is C9H7BrO2S. The topological polar surface area (TPSA) is 29.5 Å². The van der Waals surface area contributed by atoms with Crippen molar-refractivity contribution < 1.29 is 9.84 Å². The van der Waals surface area contributed by atoms with Crippen LogP contribution in [0, 0.1) is 0 Å². The number of hydrogen-bond acceptors (Lipinski definition) is 3. The first-order chi connectivity index (χ1) is 6.20. The lowest BCUT2D eigenvalue weighted by atomic mass is 10.2. The molecule has 0 amide bonds. The summed E-state index contributed by atoms with van der Waals surface area (Å²) in [5, 5.41) is 11.3. The Morgan fingerprint density at radius 1 is 1.38 bits per heavy atom. The summed E-state index contributed by atoms with van der Waals surface area (Å²) in [5.41, 5.74) is 0. The van der Waals surface area contributed by atoms with Crippen molar-refractivity contribution in [2.45, 2.75) is 0 Å². The van der Waals surface area contributed by atoms with Gasteiger partial charge in [0, 0.05) is 4.70 Å². The number of methoxy groups -OCH3 is 1. The Balaban J connectivity index is 2.70. The van der Waals surface area contributed by atoms with Crippen LogP contribution in [0.2, 0.25) is 0 Å². The van der Waals surface area contributed by atoms with Gasteiger partial charge in [-0.1, -0.05) is 11.3 Å². The van der Waals surface area contributed by atoms with Crippen molar-refractivity contribution in [2.75, 3.05) is 7.11 Å². The first-order valence-corrected chi connectivity index (χ1v) is 5.27. The van der Waals surface area contributed by atoms with E-state index < -0.39 is 0 Å². The molecule has 0 aliphatic carbocycles. The Kier molecular flexibility index (Phi) is 2.17. The molecule has 2 rings (SSSR count). The van der Waals surface area contributed by atoms with Crippen LogP contribution in [0.3, 0.4) is 0 Å². The van der Waals surface area contributed by atoms with E-state index in [0.717, 1.165) is 15.1 Å². The third-order valence-corrected chi connectivity index (χ3v) is 3.46. The minimum absolute atomic E-state index is 0.261. The Labute approximate surface area is 87.9 Å². The second-order valence-electron chi connectivity index (χ2n) is 2.61. The van der Waals surface area contributed by atoms with Gasteiger partial charge in [0.2, 0.25) is 0 Å². The van der Waals surface area contributed by atoms with Gasteiger partial charge in [0.25, 0.3) is 0 Å². The summed E-state index contributed by atoms with van der Waals surface area (Å²) in [6.07, 6.45) is 0. The predicted octanol–water partition coefficient (Wildman–Crippen LogP) is 3.38. The molecule has 4 heteroatoms. The van der Waals surface area contributed by atoms with Crippen LogP contribution >= 0.6 is 27.3 Å². The molecule has 0 fully saturated rings. The van der Waals surface area contributed by atoms with Gasteiger partial charge in [-0.15, -0.1) is 0 Å². The van der Waals surface area contributed by atoms with Crippen molar-refractivity contribution >= 4 is 37.4 Å². The zero-order valence-corrected chi connectivity index (χ0v) is 9.28. The van der Waals surface area contributed by atoms with E-state index in [2.05, 4.69) is 15.9 Å². The van der Waals surface area contributed by atoms with Crippen LogP contribution in [-0.2, 0) is 0 Å². The number of aromatic hydroxyl groups is 1. The molecule has 0 aliphatic rings. The summed E-state index contributed by atoms with van der Waals surface area (Å²) in [6.45, 7) is 0. The summed E-state index contributed by atoms with van der Waals surface area (Å²) in [7, 11) is 1.64. The number of fused-ring (bicyclic) bond motifs is 1. The zero-order chi connectivity index (χ0) is 9.42. The molecule has 1 aromatic heterocycles. The largest absolute Gasteiger partial charge is 0.507 e. The molecule has 13 heavy (non-hydrogen) atoms. The molecular weight excluding hydrogens is 252 g/mol. The molecule has 1 aromatic carbocycles. The molecule has 0 spiro atoms. The van der Waals surface area contributed by atoms with Crippen LogP contribution in [0.1, 0.15) is 0 Å². The average Bonchev–Trinajstić information content (AvgIpc) is 2.48. The molecule has 0 saturated carbocycles. The van der Waals surface area contributed by atoms with Gasteiger partial charge in [-0.25, -0.2) is 0 Å². The molecule has 0 bridgehead atoms. The SMILES string of the molecule is COc1cc2cc(Br)c(O)cc2s1. The maximum Gasteiger partial charge on any atom is 0.174 e. The van der Waals surface area contributed by atoms with Crippen molar-refractivity contribution in [3.63, 3.8) is 0 Å². The summed E-state index contributed by atoms with van der Waals surface area (Å²) < 4.78 is 6.83. The molecule has 1 heterocycles. The van der Waals surface area contributed by atoms with Crippen molar-refractivity contribution in [3.8, 4) is 10.8 Å². The highest BCUT2D eigenvalue weighted by atomic mass is 79.9. The van der Waals surface area contributed by atoms with E-state index in [1.165, 1.54) is 11.3 Å². The highest BCUT2D eigenvalue weighted by Crippen LogP contribution is 2.37. The van der Waals surface area contributed by atoms with Crippen LogP contribution in [0.5, 0.6) is 10.8 Å². The molecule has 0 aliphatic heterocycles. The lowest BCUT2D eigenvalue weighted by molar-refractivity contribution is 0.427. The minimum Gasteiger partial charge on any atom is -0.507 e. The number of phenols is 1. The molecule has 2 aromatic rings. The van der Waals surface area contributed by atoms with Crippen molar-refractivity contribution in [3.05, 3.63) is 22.7 Å². The molecule has 68 valence electrons. The van der Waals surface area contributed by atoms with Crippen molar-refractivity contribution in [1.82, 2.24) is 0 Å². The smallest absolute Gasteiger partial charge is 0.174 e. The standard InChI is InChI=1S/C9H7BrO2S/c1-12-9-3-5-2-6(10)7(11)4-8(5)13-9/h2-4,11H,1H3. The van der Waals surface area contributed by atoms with Gasteiger partial charge in [-0.05, 0) is 39.5 Å². The van der Waals surface area contributed by atoms with E-state index in [9.17, 15) is 5.11 Å². The van der Waals surface area contributed by atoms with Crippen LogP contribution in [0.4, 0.5) is 0 Å². The van der Waals surface area contributed by atoms with Crippen molar-refractivity contribution in [1.29, 1.82) is 0 Å². The van der Waals surface area contributed by atoms with Gasteiger partial charge in [0.15, 0.2) is 5.06 Å². The lowest BCUT2D eigenvalue weighted by Crippen LogP contribution is -1.73. The van der Waals surface area contributed by atoms with Gasteiger partial charge >= 0.3 is 0 Å². The third-order valence-electron chi connectivity index (χ3n) is 1.76. The van der Waals surface area contributed by atoms with Gasteiger partial charge in [0.05, 0.1) is 11.6 Å². The summed E-state index contributed by atoms with van der Waals surface area (Å²) in [6, 6.07) is 5.56. The summed E-state index contributed by atoms with van der Waals surface area (Å²) in [5.74, 6) is 0.261. The maximum absolute atomic E-state index is 9.42. The van der Waals surface area contributed by atoms with Gasteiger partial charge < -0.3 is 9.84 Å². The minimum atomic E-state index is 0.261. The second-order valence-corrected chi connectivity index (χ2v) is 4.51. The maximum atomic E-state index is 9.42. The fourth-order valence-corrected chi connectivity index (χ4v) is 2.38. The average molecular weight is 259 g/mol. The monoisotopic (exact) mass is 258 g/mol. The van der Waals surface area contributed by atoms with E-state index in [-0.39, 0.29) is 5.75 Å². The van der Waals surface area contributed by atoms with Gasteiger partial charge in [-0.2, -0.15) is 0 Å². The molecule has 1 N–H and O–H groups in total. The van der Waals surface area contributed by atoms with E-state index in [1.54, 1.807) is 13.2 Å². The molecule has 2 nitrogen and oxygen atoms in total. The van der Waals surface area contributed by atoms with Crippen LogP contribution < -0.4 is 4.74 Å². The number of halogens is 1. The summed E-state index contributed by atoms with van der Waals surface area (Å²) in [4.78, 5) is 0. The zero-order valence-electron chi connectivity index (χ0n) is 6.87. The normalized spacial score (nSPS) is 10.6. The van der Waals surface area contributed by atoms with E-state index in [1.807, 2.05) is 12.1 Å². The fourth-order valence-electron chi connectivity index (χ4n) is 1.12. The Hall–Kier alpha value is -0.740. The highest BCUT2D eigenvalue weighted by Gasteiger charge is 2.05. The molecule has 0 unspecified atom stereocenters. The van der Waals surface area contributed by atoms with Crippen LogP contribution in [0.15, 0.2) is 22.7 Å². The van der Waals surface area contributed by atoms with Crippen LogP contribution in [-0.4, -0.2) is 12.2 Å².